The standard InChI is InChI=1S/C21H26N2O4/c1-11-5-8-14(10-15(11)23-20(27)21(2,3)4)22-18(24)16-12-6-7-13(9-12)17(16)19(25)26/h5-8,10,12-13,16-17H,9H2,1-4H3,(H,22,24)(H,23,27)(H,25,26). The van der Waals surface area contributed by atoms with E-state index in [1.807, 2.05) is 45.9 Å². The molecule has 0 aliphatic heterocycles. The second-order valence-electron chi connectivity index (χ2n) is 8.56. The molecule has 0 radical (unpaired) electrons. The molecule has 27 heavy (non-hydrogen) atoms. The molecule has 6 heteroatoms. The number of aliphatic carboxylic acids is 1. The maximum atomic E-state index is 12.8. The van der Waals surface area contributed by atoms with Crippen LogP contribution in [0.4, 0.5) is 11.4 Å². The number of anilines is 2. The topological polar surface area (TPSA) is 95.5 Å². The van der Waals surface area contributed by atoms with Gasteiger partial charge in [-0.25, -0.2) is 0 Å². The molecule has 2 aliphatic rings. The quantitative estimate of drug-likeness (QED) is 0.708. The van der Waals surface area contributed by atoms with Gasteiger partial charge in [0.2, 0.25) is 11.8 Å². The second-order valence-corrected chi connectivity index (χ2v) is 8.56. The zero-order chi connectivity index (χ0) is 19.9. The predicted octanol–water partition coefficient (Wildman–Crippen LogP) is 3.44. The highest BCUT2D eigenvalue weighted by Gasteiger charge is 2.51. The molecular weight excluding hydrogens is 344 g/mol. The number of nitrogens with one attached hydrogen (secondary N) is 2. The van der Waals surface area contributed by atoms with E-state index in [2.05, 4.69) is 10.6 Å². The smallest absolute Gasteiger partial charge is 0.307 e. The summed E-state index contributed by atoms with van der Waals surface area (Å²) < 4.78 is 0. The van der Waals surface area contributed by atoms with E-state index in [0.717, 1.165) is 12.0 Å². The van der Waals surface area contributed by atoms with Crippen molar-refractivity contribution in [1.82, 2.24) is 0 Å². The Labute approximate surface area is 159 Å². The molecular formula is C21H26N2O4. The first-order chi connectivity index (χ1) is 12.6. The number of benzene rings is 1. The average Bonchev–Trinajstić information content (AvgIpc) is 3.17. The molecule has 2 aliphatic carbocycles. The highest BCUT2D eigenvalue weighted by molar-refractivity contribution is 5.98. The van der Waals surface area contributed by atoms with E-state index in [4.69, 9.17) is 0 Å². The summed E-state index contributed by atoms with van der Waals surface area (Å²) in [5.74, 6) is -2.65. The molecule has 2 bridgehead atoms. The minimum absolute atomic E-state index is 0.0263. The van der Waals surface area contributed by atoms with Crippen LogP contribution in [0.3, 0.4) is 0 Å². The number of amides is 2. The maximum Gasteiger partial charge on any atom is 0.307 e. The number of carbonyl (C=O) groups excluding carboxylic acids is 2. The van der Waals surface area contributed by atoms with Crippen molar-refractivity contribution in [2.75, 3.05) is 10.6 Å². The van der Waals surface area contributed by atoms with Crippen molar-refractivity contribution in [2.45, 2.75) is 34.1 Å². The molecule has 1 aromatic carbocycles. The Kier molecular flexibility index (Phi) is 4.84. The fraction of sp³-hybridized carbons (Fsp3) is 0.476. The second kappa shape index (κ2) is 6.83. The van der Waals surface area contributed by atoms with Crippen LogP contribution in [0.1, 0.15) is 32.8 Å². The Morgan fingerprint density at radius 2 is 1.67 bits per heavy atom. The van der Waals surface area contributed by atoms with Gasteiger partial charge in [-0.3, -0.25) is 14.4 Å². The molecule has 0 aromatic heterocycles. The molecule has 1 saturated carbocycles. The van der Waals surface area contributed by atoms with E-state index < -0.39 is 23.2 Å². The van der Waals surface area contributed by atoms with Gasteiger partial charge in [0.25, 0.3) is 0 Å². The van der Waals surface area contributed by atoms with Crippen LogP contribution in [0.2, 0.25) is 0 Å². The van der Waals surface area contributed by atoms with Gasteiger partial charge in [0.05, 0.1) is 11.8 Å². The van der Waals surface area contributed by atoms with Crippen molar-refractivity contribution in [2.24, 2.45) is 29.1 Å². The number of hydrogen-bond acceptors (Lipinski definition) is 3. The van der Waals surface area contributed by atoms with Crippen LogP contribution in [0.5, 0.6) is 0 Å². The lowest BCUT2D eigenvalue weighted by molar-refractivity contribution is -0.146. The number of carboxylic acid groups (broad SMARTS) is 1. The lowest BCUT2D eigenvalue weighted by Gasteiger charge is -2.24. The number of carbonyl (C=O) groups is 3. The highest BCUT2D eigenvalue weighted by Crippen LogP contribution is 2.48. The summed E-state index contributed by atoms with van der Waals surface area (Å²) in [5.41, 5.74) is 1.54. The highest BCUT2D eigenvalue weighted by atomic mass is 16.4. The van der Waals surface area contributed by atoms with Crippen LogP contribution >= 0.6 is 0 Å². The maximum absolute atomic E-state index is 12.8. The first kappa shape index (κ1) is 19.1. The third-order valence-electron chi connectivity index (χ3n) is 5.48. The molecule has 3 N–H and O–H groups in total. The molecule has 0 spiro atoms. The lowest BCUT2D eigenvalue weighted by atomic mass is 9.82. The molecule has 144 valence electrons. The minimum atomic E-state index is -0.922. The largest absolute Gasteiger partial charge is 0.481 e. The molecule has 0 heterocycles. The molecule has 1 fully saturated rings. The first-order valence-corrected chi connectivity index (χ1v) is 9.22. The van der Waals surface area contributed by atoms with Gasteiger partial charge >= 0.3 is 5.97 Å². The Morgan fingerprint density at radius 3 is 2.26 bits per heavy atom. The van der Waals surface area contributed by atoms with Crippen LogP contribution < -0.4 is 10.6 Å². The van der Waals surface area contributed by atoms with E-state index in [9.17, 15) is 19.5 Å². The van der Waals surface area contributed by atoms with Crippen LogP contribution in [0.25, 0.3) is 0 Å². The summed E-state index contributed by atoms with van der Waals surface area (Å²) in [7, 11) is 0. The van der Waals surface area contributed by atoms with Crippen molar-refractivity contribution in [3.8, 4) is 0 Å². The van der Waals surface area contributed by atoms with Gasteiger partial charge in [-0.15, -0.1) is 0 Å². The van der Waals surface area contributed by atoms with Gasteiger partial charge in [-0.1, -0.05) is 39.0 Å². The lowest BCUT2D eigenvalue weighted by Crippen LogP contribution is -2.36. The number of allylic oxidation sites excluding steroid dienone is 2. The zero-order valence-corrected chi connectivity index (χ0v) is 16.1. The van der Waals surface area contributed by atoms with Gasteiger partial charge in [0.15, 0.2) is 0 Å². The minimum Gasteiger partial charge on any atom is -0.481 e. The van der Waals surface area contributed by atoms with Crippen molar-refractivity contribution in [3.63, 3.8) is 0 Å². The summed E-state index contributed by atoms with van der Waals surface area (Å²) in [6, 6.07) is 5.30. The fourth-order valence-corrected chi connectivity index (χ4v) is 3.89. The molecule has 4 atom stereocenters. The SMILES string of the molecule is Cc1ccc(NC(=O)C2C3C=CC(C3)C2C(=O)O)cc1NC(=O)C(C)(C)C. The molecule has 2 amide bonds. The normalized spacial score (nSPS) is 26.1. The Hall–Kier alpha value is -2.63. The number of aryl methyl sites for hydroxylation is 1. The van der Waals surface area contributed by atoms with E-state index in [1.54, 1.807) is 12.1 Å². The third-order valence-corrected chi connectivity index (χ3v) is 5.48. The monoisotopic (exact) mass is 370 g/mol. The summed E-state index contributed by atoms with van der Waals surface area (Å²) in [4.78, 5) is 36.7. The zero-order valence-electron chi connectivity index (χ0n) is 16.1. The van der Waals surface area contributed by atoms with Gasteiger partial charge < -0.3 is 15.7 Å². The van der Waals surface area contributed by atoms with Gasteiger partial charge in [-0.05, 0) is 42.9 Å². The summed E-state index contributed by atoms with van der Waals surface area (Å²) >= 11 is 0. The Morgan fingerprint density at radius 1 is 1.04 bits per heavy atom. The van der Waals surface area contributed by atoms with Crippen molar-refractivity contribution in [1.29, 1.82) is 0 Å². The van der Waals surface area contributed by atoms with E-state index in [0.29, 0.717) is 11.4 Å². The number of hydrogen-bond donors (Lipinski definition) is 3. The summed E-state index contributed by atoms with van der Waals surface area (Å²) in [5, 5.41) is 15.3. The van der Waals surface area contributed by atoms with Crippen molar-refractivity contribution < 1.29 is 19.5 Å². The molecule has 1 aromatic rings. The predicted molar refractivity (Wildman–Crippen MR) is 103 cm³/mol. The van der Waals surface area contributed by atoms with Crippen LogP contribution in [-0.2, 0) is 14.4 Å². The molecule has 0 saturated heterocycles. The van der Waals surface area contributed by atoms with Gasteiger partial charge in [0.1, 0.15) is 0 Å². The number of carboxylic acids is 1. The van der Waals surface area contributed by atoms with Crippen LogP contribution in [0, 0.1) is 36.0 Å². The summed E-state index contributed by atoms with van der Waals surface area (Å²) in [6.07, 6.45) is 4.59. The van der Waals surface area contributed by atoms with Crippen molar-refractivity contribution >= 4 is 29.2 Å². The van der Waals surface area contributed by atoms with Crippen LogP contribution in [0.15, 0.2) is 30.4 Å². The Balaban J connectivity index is 1.77. The van der Waals surface area contributed by atoms with E-state index in [-0.39, 0.29) is 23.7 Å². The third kappa shape index (κ3) is 3.75. The van der Waals surface area contributed by atoms with E-state index >= 15 is 0 Å². The van der Waals surface area contributed by atoms with E-state index in [1.165, 1.54) is 0 Å². The van der Waals surface area contributed by atoms with Gasteiger partial charge in [-0.2, -0.15) is 0 Å². The molecule has 6 nitrogen and oxygen atoms in total. The fourth-order valence-electron chi connectivity index (χ4n) is 3.89. The summed E-state index contributed by atoms with van der Waals surface area (Å²) in [6.45, 7) is 7.37. The first-order valence-electron chi connectivity index (χ1n) is 9.22. The number of rotatable bonds is 4. The number of fused-ring (bicyclic) bond motifs is 2. The average molecular weight is 370 g/mol. The van der Waals surface area contributed by atoms with Crippen LogP contribution in [-0.4, -0.2) is 22.9 Å². The van der Waals surface area contributed by atoms with Crippen molar-refractivity contribution in [3.05, 3.63) is 35.9 Å². The molecule has 3 rings (SSSR count). The molecule has 4 unspecified atom stereocenters. The Bertz CT molecular complexity index is 822. The van der Waals surface area contributed by atoms with Gasteiger partial charge in [0, 0.05) is 16.8 Å².